The number of nitrogens with zero attached hydrogens (tertiary/aromatic N) is 3. The summed E-state index contributed by atoms with van der Waals surface area (Å²) in [5.74, 6) is 0. The van der Waals surface area contributed by atoms with Crippen molar-refractivity contribution >= 4 is 5.71 Å². The van der Waals surface area contributed by atoms with Crippen LogP contribution in [0.4, 0.5) is 0 Å². The van der Waals surface area contributed by atoms with E-state index in [4.69, 9.17) is 4.84 Å². The van der Waals surface area contributed by atoms with Crippen LogP contribution >= 0.6 is 0 Å². The van der Waals surface area contributed by atoms with E-state index in [9.17, 15) is 0 Å². The molecule has 0 saturated carbocycles. The lowest BCUT2D eigenvalue weighted by molar-refractivity contribution is 0.000916. The van der Waals surface area contributed by atoms with Crippen molar-refractivity contribution in [1.82, 2.24) is 9.97 Å². The Kier molecular flexibility index (Phi) is 3.17. The van der Waals surface area contributed by atoms with Gasteiger partial charge in [-0.2, -0.15) is 0 Å². The maximum Gasteiger partial charge on any atom is 0.129 e. The first kappa shape index (κ1) is 10.6. The topological polar surface area (TPSA) is 47.4 Å². The Labute approximate surface area is 84.0 Å². The Hall–Kier alpha value is -1.45. The molecule has 0 saturated heterocycles. The Balaban J connectivity index is 2.71. The largest absolute Gasteiger partial charge is 0.390 e. The van der Waals surface area contributed by atoms with E-state index in [0.717, 1.165) is 11.4 Å². The summed E-state index contributed by atoms with van der Waals surface area (Å²) in [6, 6.07) is 0. The Bertz CT molecular complexity index is 314. The van der Waals surface area contributed by atoms with Crippen LogP contribution in [0.3, 0.4) is 0 Å². The van der Waals surface area contributed by atoms with Crippen LogP contribution in [0.1, 0.15) is 33.4 Å². The second kappa shape index (κ2) is 4.17. The molecular weight excluding hydrogens is 178 g/mol. The summed E-state index contributed by atoms with van der Waals surface area (Å²) < 4.78 is 0. The molecule has 0 N–H and O–H groups in total. The minimum atomic E-state index is -0.274. The first-order chi connectivity index (χ1) is 6.49. The van der Waals surface area contributed by atoms with Gasteiger partial charge in [0.15, 0.2) is 0 Å². The van der Waals surface area contributed by atoms with Gasteiger partial charge < -0.3 is 4.84 Å². The summed E-state index contributed by atoms with van der Waals surface area (Å²) in [5.41, 5.74) is 1.19. The van der Waals surface area contributed by atoms with Crippen LogP contribution in [0.5, 0.6) is 0 Å². The lowest BCUT2D eigenvalue weighted by atomic mass is 10.2. The first-order valence-electron chi connectivity index (χ1n) is 4.48. The third kappa shape index (κ3) is 3.51. The number of aromatic nitrogens is 2. The van der Waals surface area contributed by atoms with E-state index in [-0.39, 0.29) is 5.60 Å². The molecular formula is C10H15N3O. The summed E-state index contributed by atoms with van der Waals surface area (Å²) in [7, 11) is 0. The van der Waals surface area contributed by atoms with Gasteiger partial charge in [0, 0.05) is 12.4 Å². The van der Waals surface area contributed by atoms with Crippen LogP contribution in [-0.4, -0.2) is 21.3 Å². The Morgan fingerprint density at radius 1 is 1.36 bits per heavy atom. The first-order valence-corrected chi connectivity index (χ1v) is 4.48. The molecule has 0 aromatic carbocycles. The van der Waals surface area contributed by atoms with E-state index in [0.29, 0.717) is 0 Å². The van der Waals surface area contributed by atoms with Crippen molar-refractivity contribution in [1.29, 1.82) is 0 Å². The van der Waals surface area contributed by atoms with Gasteiger partial charge in [-0.15, -0.1) is 0 Å². The molecule has 0 amide bonds. The maximum absolute atomic E-state index is 5.27. The fourth-order valence-electron chi connectivity index (χ4n) is 0.738. The number of rotatable bonds is 2. The highest BCUT2D eigenvalue weighted by atomic mass is 16.6. The van der Waals surface area contributed by atoms with Gasteiger partial charge in [0.25, 0.3) is 0 Å². The SMILES string of the molecule is C/C(=N\OC(C)(C)C)c1cnccn1. The molecule has 0 aliphatic carbocycles. The normalized spacial score (nSPS) is 12.7. The highest BCUT2D eigenvalue weighted by molar-refractivity contribution is 5.96. The van der Waals surface area contributed by atoms with E-state index in [1.807, 2.05) is 27.7 Å². The third-order valence-corrected chi connectivity index (χ3v) is 1.39. The average molecular weight is 193 g/mol. The molecule has 0 bridgehead atoms. The molecule has 76 valence electrons. The molecule has 4 heteroatoms. The van der Waals surface area contributed by atoms with Gasteiger partial charge in [0.2, 0.25) is 0 Å². The predicted octanol–water partition coefficient (Wildman–Crippen LogP) is 2.02. The minimum absolute atomic E-state index is 0.274. The number of hydrogen-bond donors (Lipinski definition) is 0. The van der Waals surface area contributed by atoms with Crippen LogP contribution < -0.4 is 0 Å². The van der Waals surface area contributed by atoms with Crippen molar-refractivity contribution in [3.05, 3.63) is 24.3 Å². The van der Waals surface area contributed by atoms with Gasteiger partial charge >= 0.3 is 0 Å². The average Bonchev–Trinajstić information content (AvgIpc) is 2.14. The van der Waals surface area contributed by atoms with E-state index in [1.165, 1.54) is 0 Å². The van der Waals surface area contributed by atoms with Crippen molar-refractivity contribution in [3.63, 3.8) is 0 Å². The molecule has 1 aromatic heterocycles. The standard InChI is InChI=1S/C10H15N3O/c1-8(13-14-10(2,3)4)9-7-11-5-6-12-9/h5-7H,1-4H3/b13-8+. The summed E-state index contributed by atoms with van der Waals surface area (Å²) in [6.45, 7) is 7.68. The highest BCUT2D eigenvalue weighted by Crippen LogP contribution is 2.08. The summed E-state index contributed by atoms with van der Waals surface area (Å²) >= 11 is 0. The molecule has 14 heavy (non-hydrogen) atoms. The summed E-state index contributed by atoms with van der Waals surface area (Å²) in [6.07, 6.45) is 4.91. The molecule has 0 fully saturated rings. The molecule has 4 nitrogen and oxygen atoms in total. The van der Waals surface area contributed by atoms with Crippen molar-refractivity contribution in [3.8, 4) is 0 Å². The zero-order valence-electron chi connectivity index (χ0n) is 8.98. The van der Waals surface area contributed by atoms with E-state index in [2.05, 4.69) is 15.1 Å². The van der Waals surface area contributed by atoms with Gasteiger partial charge in [-0.3, -0.25) is 9.97 Å². The van der Waals surface area contributed by atoms with Crippen molar-refractivity contribution in [2.24, 2.45) is 5.16 Å². The summed E-state index contributed by atoms with van der Waals surface area (Å²) in [5, 5.41) is 3.98. The molecule has 1 aromatic rings. The quantitative estimate of drug-likeness (QED) is 0.533. The zero-order valence-corrected chi connectivity index (χ0v) is 8.98. The molecule has 1 rings (SSSR count). The highest BCUT2D eigenvalue weighted by Gasteiger charge is 2.10. The van der Waals surface area contributed by atoms with Crippen molar-refractivity contribution in [2.45, 2.75) is 33.3 Å². The molecule has 1 heterocycles. The van der Waals surface area contributed by atoms with Crippen LogP contribution in [0, 0.1) is 0 Å². The lowest BCUT2D eigenvalue weighted by Gasteiger charge is -2.15. The van der Waals surface area contributed by atoms with E-state index < -0.39 is 0 Å². The van der Waals surface area contributed by atoms with Gasteiger partial charge in [-0.25, -0.2) is 0 Å². The van der Waals surface area contributed by atoms with E-state index in [1.54, 1.807) is 18.6 Å². The Morgan fingerprint density at radius 2 is 2.07 bits per heavy atom. The van der Waals surface area contributed by atoms with Crippen LogP contribution in [0.25, 0.3) is 0 Å². The smallest absolute Gasteiger partial charge is 0.129 e. The van der Waals surface area contributed by atoms with E-state index >= 15 is 0 Å². The molecule has 0 aliphatic heterocycles. The molecule has 0 radical (unpaired) electrons. The molecule has 0 unspecified atom stereocenters. The minimum Gasteiger partial charge on any atom is -0.390 e. The van der Waals surface area contributed by atoms with Crippen molar-refractivity contribution < 1.29 is 4.84 Å². The fourth-order valence-corrected chi connectivity index (χ4v) is 0.738. The Morgan fingerprint density at radius 3 is 2.57 bits per heavy atom. The van der Waals surface area contributed by atoms with Gasteiger partial charge in [-0.1, -0.05) is 5.16 Å². The van der Waals surface area contributed by atoms with Crippen LogP contribution in [-0.2, 0) is 4.84 Å². The molecule has 0 atom stereocenters. The number of oxime groups is 1. The van der Waals surface area contributed by atoms with Gasteiger partial charge in [-0.05, 0) is 27.7 Å². The van der Waals surface area contributed by atoms with Crippen LogP contribution in [0.15, 0.2) is 23.7 Å². The maximum atomic E-state index is 5.27. The summed E-state index contributed by atoms with van der Waals surface area (Å²) in [4.78, 5) is 13.3. The second-order valence-electron chi connectivity index (χ2n) is 3.97. The zero-order chi connectivity index (χ0) is 10.6. The van der Waals surface area contributed by atoms with Gasteiger partial charge in [0.05, 0.1) is 6.20 Å². The van der Waals surface area contributed by atoms with Crippen molar-refractivity contribution in [2.75, 3.05) is 0 Å². The van der Waals surface area contributed by atoms with Crippen LogP contribution in [0.2, 0.25) is 0 Å². The number of hydrogen-bond acceptors (Lipinski definition) is 4. The third-order valence-electron chi connectivity index (χ3n) is 1.39. The van der Waals surface area contributed by atoms with Gasteiger partial charge in [0.1, 0.15) is 17.0 Å². The molecule has 0 aliphatic rings. The fraction of sp³-hybridized carbons (Fsp3) is 0.500. The predicted molar refractivity (Wildman–Crippen MR) is 55.1 cm³/mol. The lowest BCUT2D eigenvalue weighted by Crippen LogP contribution is -2.16. The monoisotopic (exact) mass is 193 g/mol. The second-order valence-corrected chi connectivity index (χ2v) is 3.97. The molecule has 0 spiro atoms.